The van der Waals surface area contributed by atoms with Gasteiger partial charge < -0.3 is 20.3 Å². The lowest BCUT2D eigenvalue weighted by Gasteiger charge is -2.25. The highest BCUT2D eigenvalue weighted by atomic mass is 127. The van der Waals surface area contributed by atoms with Gasteiger partial charge in [0.2, 0.25) is 5.91 Å². The van der Waals surface area contributed by atoms with Crippen molar-refractivity contribution in [1.29, 1.82) is 0 Å². The van der Waals surface area contributed by atoms with Crippen LogP contribution in [0.4, 0.5) is 0 Å². The van der Waals surface area contributed by atoms with Gasteiger partial charge in [-0.15, -0.1) is 24.0 Å². The van der Waals surface area contributed by atoms with Crippen LogP contribution in [-0.4, -0.2) is 63.7 Å². The lowest BCUT2D eigenvalue weighted by molar-refractivity contribution is -0.127. The number of hydrogen-bond acceptors (Lipinski definition) is 3. The van der Waals surface area contributed by atoms with E-state index in [1.165, 1.54) is 32.1 Å². The van der Waals surface area contributed by atoms with Crippen molar-refractivity contribution in [2.24, 2.45) is 4.99 Å². The summed E-state index contributed by atoms with van der Waals surface area (Å²) in [5.74, 6) is 0.754. The average molecular weight is 426 g/mol. The molecule has 0 aromatic carbocycles. The predicted octanol–water partition coefficient (Wildman–Crippen LogP) is 1.60. The molecule has 0 atom stereocenters. The minimum Gasteiger partial charge on any atom is -0.385 e. The second kappa shape index (κ2) is 12.9. The van der Waals surface area contributed by atoms with Crippen LogP contribution in [0.3, 0.4) is 0 Å². The first kappa shape index (κ1) is 21.4. The SMILES string of the molecule is COCCCNC(=NCC(=O)N(C)C)NC1CCCCC1.I. The zero-order valence-corrected chi connectivity index (χ0v) is 16.4. The van der Waals surface area contributed by atoms with Crippen molar-refractivity contribution in [1.82, 2.24) is 15.5 Å². The molecule has 6 nitrogen and oxygen atoms in total. The molecule has 7 heteroatoms. The first-order valence-corrected chi connectivity index (χ1v) is 7.87. The lowest BCUT2D eigenvalue weighted by Crippen LogP contribution is -2.45. The highest BCUT2D eigenvalue weighted by molar-refractivity contribution is 14.0. The van der Waals surface area contributed by atoms with Gasteiger partial charge in [-0.1, -0.05) is 19.3 Å². The Morgan fingerprint density at radius 3 is 2.55 bits per heavy atom. The number of likely N-dealkylation sites (N-methyl/N-ethyl adjacent to an activating group) is 1. The fourth-order valence-electron chi connectivity index (χ4n) is 2.30. The van der Waals surface area contributed by atoms with Gasteiger partial charge in [0.15, 0.2) is 5.96 Å². The molecule has 0 heterocycles. The fourth-order valence-corrected chi connectivity index (χ4v) is 2.30. The molecule has 1 rings (SSSR count). The number of hydrogen-bond donors (Lipinski definition) is 2. The number of ether oxygens (including phenoxy) is 1. The van der Waals surface area contributed by atoms with Crippen LogP contribution in [0.25, 0.3) is 0 Å². The van der Waals surface area contributed by atoms with E-state index in [-0.39, 0.29) is 36.4 Å². The van der Waals surface area contributed by atoms with Crippen molar-refractivity contribution >= 4 is 35.8 Å². The second-order valence-electron chi connectivity index (χ2n) is 5.71. The number of guanidine groups is 1. The molecular formula is C15H31IN4O2. The average Bonchev–Trinajstić information content (AvgIpc) is 2.49. The Balaban J connectivity index is 0.00000441. The molecule has 1 aliphatic rings. The first-order valence-electron chi connectivity index (χ1n) is 7.87. The summed E-state index contributed by atoms with van der Waals surface area (Å²) in [6, 6.07) is 0.474. The van der Waals surface area contributed by atoms with E-state index in [9.17, 15) is 4.79 Å². The smallest absolute Gasteiger partial charge is 0.243 e. The van der Waals surface area contributed by atoms with Crippen LogP contribution in [0.2, 0.25) is 0 Å². The molecule has 22 heavy (non-hydrogen) atoms. The van der Waals surface area contributed by atoms with Crippen molar-refractivity contribution in [3.63, 3.8) is 0 Å². The van der Waals surface area contributed by atoms with Crippen LogP contribution in [0.1, 0.15) is 38.5 Å². The van der Waals surface area contributed by atoms with Crippen LogP contribution in [0.15, 0.2) is 4.99 Å². The summed E-state index contributed by atoms with van der Waals surface area (Å²) in [5.41, 5.74) is 0. The molecule has 0 aliphatic heterocycles. The lowest BCUT2D eigenvalue weighted by atomic mass is 9.96. The van der Waals surface area contributed by atoms with Crippen molar-refractivity contribution in [3.8, 4) is 0 Å². The third-order valence-electron chi connectivity index (χ3n) is 3.63. The molecular weight excluding hydrogens is 395 g/mol. The van der Waals surface area contributed by atoms with Crippen LogP contribution in [-0.2, 0) is 9.53 Å². The molecule has 1 saturated carbocycles. The van der Waals surface area contributed by atoms with Crippen LogP contribution in [0.5, 0.6) is 0 Å². The summed E-state index contributed by atoms with van der Waals surface area (Å²) in [4.78, 5) is 17.6. The number of aliphatic imine (C=N–C) groups is 1. The maximum Gasteiger partial charge on any atom is 0.243 e. The van der Waals surface area contributed by atoms with Crippen LogP contribution < -0.4 is 10.6 Å². The van der Waals surface area contributed by atoms with E-state index in [4.69, 9.17) is 4.74 Å². The minimum atomic E-state index is 0. The van der Waals surface area contributed by atoms with E-state index >= 15 is 0 Å². The Kier molecular flexibility index (Phi) is 12.6. The number of nitrogens with zero attached hydrogens (tertiary/aromatic N) is 2. The Morgan fingerprint density at radius 2 is 1.95 bits per heavy atom. The summed E-state index contributed by atoms with van der Waals surface area (Å²) in [6.07, 6.45) is 7.14. The molecule has 1 aliphatic carbocycles. The quantitative estimate of drug-likeness (QED) is 0.281. The summed E-state index contributed by atoms with van der Waals surface area (Å²) >= 11 is 0. The molecule has 0 spiro atoms. The molecule has 0 saturated heterocycles. The number of rotatable bonds is 7. The van der Waals surface area contributed by atoms with E-state index in [0.29, 0.717) is 6.04 Å². The number of carbonyl (C=O) groups excluding carboxylic acids is 1. The Hall–Kier alpha value is -0.570. The van der Waals surface area contributed by atoms with Crippen LogP contribution in [0, 0.1) is 0 Å². The normalized spacial score (nSPS) is 15.9. The number of carbonyl (C=O) groups is 1. The van der Waals surface area contributed by atoms with Gasteiger partial charge in [0, 0.05) is 40.4 Å². The third kappa shape index (κ3) is 9.45. The predicted molar refractivity (Wildman–Crippen MR) is 101 cm³/mol. The van der Waals surface area contributed by atoms with E-state index in [2.05, 4.69) is 15.6 Å². The second-order valence-corrected chi connectivity index (χ2v) is 5.71. The number of nitrogens with one attached hydrogen (secondary N) is 2. The largest absolute Gasteiger partial charge is 0.385 e. The fraction of sp³-hybridized carbons (Fsp3) is 0.867. The Morgan fingerprint density at radius 1 is 1.27 bits per heavy atom. The van der Waals surface area contributed by atoms with Gasteiger partial charge in [-0.3, -0.25) is 4.79 Å². The molecule has 2 N–H and O–H groups in total. The van der Waals surface area contributed by atoms with Gasteiger partial charge in [-0.2, -0.15) is 0 Å². The zero-order valence-electron chi connectivity index (χ0n) is 14.1. The Labute approximate surface area is 151 Å². The topological polar surface area (TPSA) is 66.0 Å². The van der Waals surface area contributed by atoms with Gasteiger partial charge in [0.05, 0.1) is 0 Å². The third-order valence-corrected chi connectivity index (χ3v) is 3.63. The zero-order chi connectivity index (χ0) is 15.5. The summed E-state index contributed by atoms with van der Waals surface area (Å²) in [6.45, 7) is 1.70. The summed E-state index contributed by atoms with van der Waals surface area (Å²) in [7, 11) is 5.20. The molecule has 0 unspecified atom stereocenters. The van der Waals surface area contributed by atoms with Gasteiger partial charge >= 0.3 is 0 Å². The van der Waals surface area contributed by atoms with Crippen molar-refractivity contribution in [2.45, 2.75) is 44.6 Å². The highest BCUT2D eigenvalue weighted by Crippen LogP contribution is 2.17. The Bertz CT molecular complexity index is 332. The van der Waals surface area contributed by atoms with Crippen molar-refractivity contribution in [2.75, 3.05) is 40.9 Å². The minimum absolute atomic E-state index is 0. The molecule has 0 bridgehead atoms. The van der Waals surface area contributed by atoms with E-state index in [0.717, 1.165) is 25.5 Å². The molecule has 0 radical (unpaired) electrons. The monoisotopic (exact) mass is 426 g/mol. The van der Waals surface area contributed by atoms with E-state index < -0.39 is 0 Å². The van der Waals surface area contributed by atoms with Gasteiger partial charge in [0.25, 0.3) is 0 Å². The van der Waals surface area contributed by atoms with Gasteiger partial charge in [-0.25, -0.2) is 4.99 Å². The van der Waals surface area contributed by atoms with E-state index in [1.54, 1.807) is 26.1 Å². The highest BCUT2D eigenvalue weighted by Gasteiger charge is 2.14. The van der Waals surface area contributed by atoms with Gasteiger partial charge in [-0.05, 0) is 19.3 Å². The van der Waals surface area contributed by atoms with Crippen molar-refractivity contribution in [3.05, 3.63) is 0 Å². The summed E-state index contributed by atoms with van der Waals surface area (Å²) in [5, 5.41) is 6.74. The number of methoxy groups -OCH3 is 1. The maximum atomic E-state index is 11.7. The first-order chi connectivity index (χ1) is 10.1. The van der Waals surface area contributed by atoms with E-state index in [1.807, 2.05) is 0 Å². The van der Waals surface area contributed by atoms with Gasteiger partial charge in [0.1, 0.15) is 6.54 Å². The molecule has 0 aromatic rings. The number of amides is 1. The van der Waals surface area contributed by atoms with Crippen molar-refractivity contribution < 1.29 is 9.53 Å². The molecule has 1 fully saturated rings. The maximum absolute atomic E-state index is 11.7. The molecule has 0 aromatic heterocycles. The molecule has 130 valence electrons. The van der Waals surface area contributed by atoms with Crippen LogP contribution >= 0.6 is 24.0 Å². The summed E-state index contributed by atoms with van der Waals surface area (Å²) < 4.78 is 5.04. The number of halogens is 1. The standard InChI is InChI=1S/C15H30N4O2.HI/c1-19(2)14(20)12-17-15(16-10-7-11-21-3)18-13-8-5-4-6-9-13;/h13H,4-12H2,1-3H3,(H2,16,17,18);1H. The molecule has 1 amide bonds.